The van der Waals surface area contributed by atoms with E-state index in [9.17, 15) is 4.39 Å². The maximum Gasteiger partial charge on any atom is 0.166 e. The molecule has 2 aromatic rings. The monoisotopic (exact) mass is 299 g/mol. The lowest BCUT2D eigenvalue weighted by Crippen LogP contribution is -2.05. The molecule has 0 saturated carbocycles. The Balaban J connectivity index is 2.25. The molecule has 0 radical (unpaired) electrons. The summed E-state index contributed by atoms with van der Waals surface area (Å²) in [6.07, 6.45) is 0. The van der Waals surface area contributed by atoms with Gasteiger partial charge in [0.2, 0.25) is 0 Å². The lowest BCUT2D eigenvalue weighted by Gasteiger charge is -2.10. The summed E-state index contributed by atoms with van der Waals surface area (Å²) >= 11 is 11.8. The highest BCUT2D eigenvalue weighted by atomic mass is 35.5. The van der Waals surface area contributed by atoms with Gasteiger partial charge in [-0.15, -0.1) is 0 Å². The number of ether oxygens (including phenoxy) is 1. The van der Waals surface area contributed by atoms with Gasteiger partial charge in [-0.25, -0.2) is 4.39 Å². The highest BCUT2D eigenvalue weighted by Crippen LogP contribution is 2.33. The third-order valence-corrected chi connectivity index (χ3v) is 3.04. The van der Waals surface area contributed by atoms with E-state index >= 15 is 0 Å². The first-order valence-electron chi connectivity index (χ1n) is 5.66. The average molecular weight is 300 g/mol. The van der Waals surface area contributed by atoms with Crippen molar-refractivity contribution in [2.24, 2.45) is 0 Å². The fourth-order valence-electron chi connectivity index (χ4n) is 1.62. The minimum atomic E-state index is -0.441. The molecule has 0 bridgehead atoms. The van der Waals surface area contributed by atoms with Crippen LogP contribution in [-0.4, -0.2) is 7.05 Å². The number of hydrogen-bond donors (Lipinski definition) is 1. The van der Waals surface area contributed by atoms with Crippen molar-refractivity contribution in [3.05, 3.63) is 57.8 Å². The Morgan fingerprint density at radius 2 is 1.89 bits per heavy atom. The van der Waals surface area contributed by atoms with Crippen molar-refractivity contribution in [3.63, 3.8) is 0 Å². The minimum absolute atomic E-state index is 0.115. The molecule has 0 saturated heterocycles. The zero-order valence-corrected chi connectivity index (χ0v) is 11.7. The number of hydrogen-bond acceptors (Lipinski definition) is 2. The Morgan fingerprint density at radius 1 is 1.11 bits per heavy atom. The Hall–Kier alpha value is -1.29. The van der Waals surface area contributed by atoms with Crippen LogP contribution in [0.2, 0.25) is 10.0 Å². The van der Waals surface area contributed by atoms with Gasteiger partial charge in [0, 0.05) is 17.6 Å². The number of nitrogens with one attached hydrogen (secondary N) is 1. The Labute approximate surface area is 121 Å². The highest BCUT2D eigenvalue weighted by molar-refractivity contribution is 6.34. The molecule has 0 aliphatic rings. The van der Waals surface area contributed by atoms with E-state index in [1.165, 1.54) is 6.07 Å². The molecule has 2 rings (SSSR count). The standard InChI is InChI=1S/C14H12Cl2FNO/c1-18-8-9-2-5-13(12(17)6-9)19-14-7-10(15)3-4-11(14)16/h2-7,18H,8H2,1H3. The normalized spacial score (nSPS) is 10.5. The van der Waals surface area contributed by atoms with Crippen LogP contribution in [0.4, 0.5) is 4.39 Å². The van der Waals surface area contributed by atoms with Gasteiger partial charge in [-0.05, 0) is 36.9 Å². The van der Waals surface area contributed by atoms with Gasteiger partial charge in [-0.1, -0.05) is 29.3 Å². The van der Waals surface area contributed by atoms with Crippen molar-refractivity contribution in [3.8, 4) is 11.5 Å². The molecule has 19 heavy (non-hydrogen) atoms. The largest absolute Gasteiger partial charge is 0.453 e. The molecule has 2 nitrogen and oxygen atoms in total. The first kappa shape index (κ1) is 14.1. The summed E-state index contributed by atoms with van der Waals surface area (Å²) in [5.74, 6) is 0.00208. The predicted octanol–water partition coefficient (Wildman–Crippen LogP) is 4.64. The zero-order valence-electron chi connectivity index (χ0n) is 10.2. The Kier molecular flexibility index (Phi) is 4.64. The van der Waals surface area contributed by atoms with Gasteiger partial charge in [0.1, 0.15) is 5.75 Å². The van der Waals surface area contributed by atoms with Crippen molar-refractivity contribution in [1.82, 2.24) is 5.32 Å². The van der Waals surface area contributed by atoms with E-state index in [0.717, 1.165) is 5.56 Å². The molecular weight excluding hydrogens is 288 g/mol. The Morgan fingerprint density at radius 3 is 2.58 bits per heavy atom. The molecule has 0 fully saturated rings. The molecule has 5 heteroatoms. The number of rotatable bonds is 4. The Bertz CT molecular complexity index is 590. The molecule has 0 aliphatic heterocycles. The van der Waals surface area contributed by atoms with E-state index in [4.69, 9.17) is 27.9 Å². The fourth-order valence-corrected chi connectivity index (χ4v) is 1.93. The predicted molar refractivity (Wildman–Crippen MR) is 75.7 cm³/mol. The fraction of sp³-hybridized carbons (Fsp3) is 0.143. The van der Waals surface area contributed by atoms with Crippen molar-refractivity contribution >= 4 is 23.2 Å². The molecule has 0 atom stereocenters. The molecule has 2 aromatic carbocycles. The third kappa shape index (κ3) is 3.60. The van der Waals surface area contributed by atoms with Gasteiger partial charge >= 0.3 is 0 Å². The van der Waals surface area contributed by atoms with Crippen molar-refractivity contribution in [2.75, 3.05) is 7.05 Å². The number of benzene rings is 2. The first-order valence-corrected chi connectivity index (χ1v) is 6.41. The molecule has 1 N–H and O–H groups in total. The van der Waals surface area contributed by atoms with Crippen LogP contribution in [0.1, 0.15) is 5.56 Å². The highest BCUT2D eigenvalue weighted by Gasteiger charge is 2.09. The molecule has 100 valence electrons. The van der Waals surface area contributed by atoms with Crippen molar-refractivity contribution in [2.45, 2.75) is 6.54 Å². The summed E-state index contributed by atoms with van der Waals surface area (Å²) < 4.78 is 19.3. The van der Waals surface area contributed by atoms with E-state index in [2.05, 4.69) is 5.32 Å². The van der Waals surface area contributed by atoms with E-state index in [1.807, 2.05) is 0 Å². The van der Waals surface area contributed by atoms with Crippen molar-refractivity contribution in [1.29, 1.82) is 0 Å². The van der Waals surface area contributed by atoms with E-state index < -0.39 is 5.82 Å². The summed E-state index contributed by atoms with van der Waals surface area (Å²) in [7, 11) is 1.80. The van der Waals surface area contributed by atoms with E-state index in [0.29, 0.717) is 22.3 Å². The maximum atomic E-state index is 13.9. The van der Waals surface area contributed by atoms with Gasteiger partial charge in [0.15, 0.2) is 11.6 Å². The second kappa shape index (κ2) is 6.24. The summed E-state index contributed by atoms with van der Waals surface area (Å²) in [5, 5.41) is 3.81. The van der Waals surface area contributed by atoms with Crippen LogP contribution in [0.25, 0.3) is 0 Å². The van der Waals surface area contributed by atoms with Gasteiger partial charge in [0.25, 0.3) is 0 Å². The topological polar surface area (TPSA) is 21.3 Å². The maximum absolute atomic E-state index is 13.9. The summed E-state index contributed by atoms with van der Waals surface area (Å²) in [6.45, 7) is 0.592. The van der Waals surface area contributed by atoms with Gasteiger partial charge in [-0.3, -0.25) is 0 Å². The summed E-state index contributed by atoms with van der Waals surface area (Å²) in [6, 6.07) is 9.57. The second-order valence-electron chi connectivity index (χ2n) is 3.97. The van der Waals surface area contributed by atoms with Crippen LogP contribution in [-0.2, 0) is 6.54 Å². The third-order valence-electron chi connectivity index (χ3n) is 2.49. The lowest BCUT2D eigenvalue weighted by molar-refractivity contribution is 0.441. The van der Waals surface area contributed by atoms with Crippen LogP contribution < -0.4 is 10.1 Å². The van der Waals surface area contributed by atoms with Crippen LogP contribution in [0.5, 0.6) is 11.5 Å². The molecule has 0 aliphatic carbocycles. The van der Waals surface area contributed by atoms with E-state index in [-0.39, 0.29) is 5.75 Å². The number of halogens is 3. The van der Waals surface area contributed by atoms with Crippen LogP contribution in [0, 0.1) is 5.82 Å². The first-order chi connectivity index (χ1) is 9.10. The smallest absolute Gasteiger partial charge is 0.166 e. The molecule has 0 unspecified atom stereocenters. The summed E-state index contributed by atoms with van der Waals surface area (Å²) in [4.78, 5) is 0. The van der Waals surface area contributed by atoms with Crippen molar-refractivity contribution < 1.29 is 9.13 Å². The van der Waals surface area contributed by atoms with Crippen LogP contribution in [0.3, 0.4) is 0 Å². The lowest BCUT2D eigenvalue weighted by atomic mass is 10.2. The van der Waals surface area contributed by atoms with Gasteiger partial charge < -0.3 is 10.1 Å². The molecule has 0 aromatic heterocycles. The van der Waals surface area contributed by atoms with Crippen LogP contribution in [0.15, 0.2) is 36.4 Å². The minimum Gasteiger partial charge on any atom is -0.453 e. The zero-order chi connectivity index (χ0) is 13.8. The van der Waals surface area contributed by atoms with E-state index in [1.54, 1.807) is 37.4 Å². The quantitative estimate of drug-likeness (QED) is 0.888. The summed E-state index contributed by atoms with van der Waals surface area (Å²) in [5.41, 5.74) is 0.838. The molecule has 0 amide bonds. The molecule has 0 spiro atoms. The molecular formula is C14H12Cl2FNO. The SMILES string of the molecule is CNCc1ccc(Oc2cc(Cl)ccc2Cl)c(F)c1. The van der Waals surface area contributed by atoms with Gasteiger partial charge in [0.05, 0.1) is 5.02 Å². The van der Waals surface area contributed by atoms with Crippen LogP contribution >= 0.6 is 23.2 Å². The molecule has 0 heterocycles. The average Bonchev–Trinajstić information content (AvgIpc) is 2.37. The van der Waals surface area contributed by atoms with Gasteiger partial charge in [-0.2, -0.15) is 0 Å². The second-order valence-corrected chi connectivity index (χ2v) is 4.82.